The Morgan fingerprint density at radius 3 is 2.76 bits per heavy atom. The van der Waals surface area contributed by atoms with Crippen LogP contribution in [-0.4, -0.2) is 13.7 Å². The Kier molecular flexibility index (Phi) is 4.32. The van der Waals surface area contributed by atoms with Crippen molar-refractivity contribution >= 4 is 15.9 Å². The Morgan fingerprint density at radius 2 is 2.10 bits per heavy atom. The minimum Gasteiger partial charge on any atom is -0.494 e. The van der Waals surface area contributed by atoms with Gasteiger partial charge < -0.3 is 10.1 Å². The lowest BCUT2D eigenvalue weighted by molar-refractivity contribution is 0.339. The molecule has 2 aromatic rings. The van der Waals surface area contributed by atoms with Crippen LogP contribution in [0.4, 0.5) is 0 Å². The molecule has 0 amide bonds. The van der Waals surface area contributed by atoms with Crippen LogP contribution in [0.3, 0.4) is 0 Å². The highest BCUT2D eigenvalue weighted by Crippen LogP contribution is 2.45. The molecule has 1 aliphatic carbocycles. The minimum atomic E-state index is 0.324. The molecule has 0 aliphatic heterocycles. The van der Waals surface area contributed by atoms with E-state index in [-0.39, 0.29) is 0 Å². The molecule has 2 atom stereocenters. The van der Waals surface area contributed by atoms with E-state index in [1.54, 1.807) is 0 Å². The first-order valence-electron chi connectivity index (χ1n) is 7.42. The van der Waals surface area contributed by atoms with Crippen molar-refractivity contribution in [2.75, 3.05) is 13.7 Å². The Hall–Kier alpha value is -1.32. The van der Waals surface area contributed by atoms with Gasteiger partial charge in [-0.15, -0.1) is 0 Å². The zero-order valence-corrected chi connectivity index (χ0v) is 14.0. The molecule has 3 heteroatoms. The average Bonchev–Trinajstić information content (AvgIpc) is 2.46. The van der Waals surface area contributed by atoms with Crippen molar-refractivity contribution < 1.29 is 4.74 Å². The van der Waals surface area contributed by atoms with Crippen molar-refractivity contribution in [3.63, 3.8) is 0 Å². The predicted octanol–water partition coefficient (Wildman–Crippen LogP) is 4.45. The van der Waals surface area contributed by atoms with Crippen molar-refractivity contribution in [1.82, 2.24) is 5.32 Å². The summed E-state index contributed by atoms with van der Waals surface area (Å²) >= 11 is 3.70. The number of halogens is 1. The molecule has 21 heavy (non-hydrogen) atoms. The highest BCUT2D eigenvalue weighted by Gasteiger charge is 2.33. The van der Waals surface area contributed by atoms with Gasteiger partial charge in [0.1, 0.15) is 5.75 Å². The first-order chi connectivity index (χ1) is 10.2. The van der Waals surface area contributed by atoms with E-state index in [2.05, 4.69) is 63.7 Å². The highest BCUT2D eigenvalue weighted by molar-refractivity contribution is 9.10. The summed E-state index contributed by atoms with van der Waals surface area (Å²) in [6.07, 6.45) is 1.14. The number of benzene rings is 2. The van der Waals surface area contributed by atoms with Crippen LogP contribution in [0.15, 0.2) is 46.9 Å². The number of likely N-dealkylation sites (N-methyl/N-ethyl adjacent to an activating group) is 1. The molecule has 1 N–H and O–H groups in total. The van der Waals surface area contributed by atoms with Crippen LogP contribution >= 0.6 is 15.9 Å². The van der Waals surface area contributed by atoms with Gasteiger partial charge in [-0.1, -0.05) is 46.3 Å². The zero-order chi connectivity index (χ0) is 14.8. The van der Waals surface area contributed by atoms with Crippen LogP contribution in [-0.2, 0) is 6.42 Å². The van der Waals surface area contributed by atoms with Gasteiger partial charge in [0.05, 0.1) is 6.61 Å². The quantitative estimate of drug-likeness (QED) is 0.864. The summed E-state index contributed by atoms with van der Waals surface area (Å²) in [4.78, 5) is 0. The topological polar surface area (TPSA) is 21.3 Å². The molecule has 0 bridgehead atoms. The fraction of sp³-hybridized carbons (Fsp3) is 0.333. The van der Waals surface area contributed by atoms with E-state index in [4.69, 9.17) is 4.74 Å². The maximum absolute atomic E-state index is 5.56. The smallest absolute Gasteiger partial charge is 0.120 e. The lowest BCUT2D eigenvalue weighted by atomic mass is 9.72. The van der Waals surface area contributed by atoms with E-state index in [0.717, 1.165) is 16.6 Å². The number of hydrogen-bond acceptors (Lipinski definition) is 2. The molecule has 0 aromatic heterocycles. The van der Waals surface area contributed by atoms with Crippen LogP contribution in [0.25, 0.3) is 0 Å². The van der Waals surface area contributed by atoms with Crippen molar-refractivity contribution in [1.29, 1.82) is 0 Å². The third-order valence-corrected chi connectivity index (χ3v) is 4.91. The van der Waals surface area contributed by atoms with E-state index in [0.29, 0.717) is 18.6 Å². The Bertz CT molecular complexity index is 641. The Balaban J connectivity index is 1.88. The maximum Gasteiger partial charge on any atom is 0.120 e. The second-order valence-corrected chi connectivity index (χ2v) is 6.25. The lowest BCUT2D eigenvalue weighted by Crippen LogP contribution is -2.31. The summed E-state index contributed by atoms with van der Waals surface area (Å²) < 4.78 is 6.67. The van der Waals surface area contributed by atoms with E-state index in [1.807, 2.05) is 14.0 Å². The minimum absolute atomic E-state index is 0.324. The third kappa shape index (κ3) is 2.72. The van der Waals surface area contributed by atoms with Gasteiger partial charge in [0.25, 0.3) is 0 Å². The van der Waals surface area contributed by atoms with Gasteiger partial charge in [0.2, 0.25) is 0 Å². The molecule has 2 unspecified atom stereocenters. The molecule has 2 nitrogen and oxygen atoms in total. The molecule has 0 spiro atoms. The first kappa shape index (κ1) is 14.6. The zero-order valence-electron chi connectivity index (χ0n) is 12.4. The van der Waals surface area contributed by atoms with Crippen molar-refractivity contribution in [3.8, 4) is 5.75 Å². The van der Waals surface area contributed by atoms with Crippen LogP contribution in [0.5, 0.6) is 5.75 Å². The number of ether oxygens (including phenoxy) is 1. The van der Waals surface area contributed by atoms with Gasteiger partial charge in [0, 0.05) is 16.4 Å². The van der Waals surface area contributed by atoms with Crippen molar-refractivity contribution in [2.24, 2.45) is 0 Å². The number of rotatable bonds is 5. The highest BCUT2D eigenvalue weighted by atomic mass is 79.9. The van der Waals surface area contributed by atoms with Gasteiger partial charge >= 0.3 is 0 Å². The fourth-order valence-electron chi connectivity index (χ4n) is 3.18. The third-order valence-electron chi connectivity index (χ3n) is 4.23. The largest absolute Gasteiger partial charge is 0.494 e. The summed E-state index contributed by atoms with van der Waals surface area (Å²) in [5, 5.41) is 3.48. The molecule has 0 saturated carbocycles. The van der Waals surface area contributed by atoms with Crippen molar-refractivity contribution in [2.45, 2.75) is 25.3 Å². The van der Waals surface area contributed by atoms with Crippen LogP contribution in [0.1, 0.15) is 35.6 Å². The Labute approximate surface area is 134 Å². The molecule has 0 heterocycles. The van der Waals surface area contributed by atoms with Crippen LogP contribution in [0, 0.1) is 0 Å². The van der Waals surface area contributed by atoms with Gasteiger partial charge in [-0.2, -0.15) is 0 Å². The van der Waals surface area contributed by atoms with Gasteiger partial charge in [-0.05, 0) is 49.2 Å². The van der Waals surface area contributed by atoms with Gasteiger partial charge in [-0.3, -0.25) is 0 Å². The predicted molar refractivity (Wildman–Crippen MR) is 90.0 cm³/mol. The molecule has 3 rings (SSSR count). The molecule has 0 saturated heterocycles. The second kappa shape index (κ2) is 6.20. The van der Waals surface area contributed by atoms with E-state index < -0.39 is 0 Å². The monoisotopic (exact) mass is 345 g/mol. The van der Waals surface area contributed by atoms with Gasteiger partial charge in [0.15, 0.2) is 0 Å². The number of hydrogen-bond donors (Lipinski definition) is 1. The van der Waals surface area contributed by atoms with E-state index >= 15 is 0 Å². The molecule has 2 aromatic carbocycles. The summed E-state index contributed by atoms with van der Waals surface area (Å²) in [7, 11) is 2.04. The summed E-state index contributed by atoms with van der Waals surface area (Å²) in [5.41, 5.74) is 4.24. The molecule has 0 fully saturated rings. The standard InChI is InChI=1S/C18H20BrNO/c1-3-21-13-8-9-15(17(19)11-13)18(20-2)16-10-12-6-4-5-7-14(12)16/h4-9,11,16,18,20H,3,10H2,1-2H3. The first-order valence-corrected chi connectivity index (χ1v) is 8.21. The number of nitrogens with one attached hydrogen (secondary N) is 1. The Morgan fingerprint density at radius 1 is 1.29 bits per heavy atom. The van der Waals surface area contributed by atoms with Crippen molar-refractivity contribution in [3.05, 3.63) is 63.6 Å². The SMILES string of the molecule is CCOc1ccc(C(NC)C2Cc3ccccc32)c(Br)c1. The van der Waals surface area contributed by atoms with E-state index in [1.165, 1.54) is 16.7 Å². The lowest BCUT2D eigenvalue weighted by Gasteiger charge is -2.37. The molecular weight excluding hydrogens is 326 g/mol. The summed E-state index contributed by atoms with van der Waals surface area (Å²) in [6, 6.07) is 15.3. The van der Waals surface area contributed by atoms with Crippen LogP contribution < -0.4 is 10.1 Å². The fourth-order valence-corrected chi connectivity index (χ4v) is 3.79. The summed E-state index contributed by atoms with van der Waals surface area (Å²) in [6.45, 7) is 2.70. The van der Waals surface area contributed by atoms with Gasteiger partial charge in [-0.25, -0.2) is 0 Å². The molecule has 1 aliphatic rings. The maximum atomic E-state index is 5.56. The molecular formula is C18H20BrNO. The van der Waals surface area contributed by atoms with E-state index in [9.17, 15) is 0 Å². The normalized spacial score (nSPS) is 17.8. The molecule has 110 valence electrons. The molecule has 0 radical (unpaired) electrons. The average molecular weight is 346 g/mol. The van der Waals surface area contributed by atoms with Crippen LogP contribution in [0.2, 0.25) is 0 Å². The summed E-state index contributed by atoms with van der Waals surface area (Å²) in [5.74, 6) is 1.46. The second-order valence-electron chi connectivity index (χ2n) is 5.39. The number of fused-ring (bicyclic) bond motifs is 1.